The molecule has 2 aromatic rings. The first-order valence-corrected chi connectivity index (χ1v) is 11.9. The van der Waals surface area contributed by atoms with Crippen molar-refractivity contribution in [3.8, 4) is 0 Å². The van der Waals surface area contributed by atoms with Gasteiger partial charge in [0.25, 0.3) is 5.91 Å². The van der Waals surface area contributed by atoms with Crippen molar-refractivity contribution < 1.29 is 14.3 Å². The number of hydrogen-bond donors (Lipinski definition) is 2. The van der Waals surface area contributed by atoms with Crippen molar-refractivity contribution in [1.82, 2.24) is 10.2 Å². The first-order chi connectivity index (χ1) is 14.4. The first-order valence-electron chi connectivity index (χ1n) is 11.0. The Kier molecular flexibility index (Phi) is 6.56. The molecule has 3 atom stereocenters. The number of aliphatic hydroxyl groups is 1. The van der Waals surface area contributed by atoms with Crippen molar-refractivity contribution in [3.63, 3.8) is 0 Å². The van der Waals surface area contributed by atoms with Gasteiger partial charge in [-0.2, -0.15) is 0 Å². The summed E-state index contributed by atoms with van der Waals surface area (Å²) in [6.45, 7) is 3.64. The van der Waals surface area contributed by atoms with Gasteiger partial charge in [-0.1, -0.05) is 25.3 Å². The van der Waals surface area contributed by atoms with Crippen LogP contribution in [0.25, 0.3) is 0 Å². The molecule has 1 aromatic carbocycles. The highest BCUT2D eigenvalue weighted by Crippen LogP contribution is 2.40. The van der Waals surface area contributed by atoms with E-state index in [0.717, 1.165) is 18.0 Å². The maximum Gasteiger partial charge on any atom is 0.251 e. The highest BCUT2D eigenvalue weighted by atomic mass is 32.1. The van der Waals surface area contributed by atoms with Crippen LogP contribution in [0.3, 0.4) is 0 Å². The fraction of sp³-hybridized carbons (Fsp3) is 0.542. The molecule has 4 rings (SSSR count). The minimum absolute atomic E-state index is 0.0694. The Morgan fingerprint density at radius 2 is 1.97 bits per heavy atom. The molecule has 4 nitrogen and oxygen atoms in total. The molecule has 1 saturated carbocycles. The van der Waals surface area contributed by atoms with Gasteiger partial charge in [0, 0.05) is 23.5 Å². The predicted octanol–water partition coefficient (Wildman–Crippen LogP) is 4.76. The minimum Gasteiger partial charge on any atom is -0.388 e. The van der Waals surface area contributed by atoms with Crippen LogP contribution >= 0.6 is 11.3 Å². The van der Waals surface area contributed by atoms with Crippen molar-refractivity contribution in [2.24, 2.45) is 5.92 Å². The molecule has 1 aliphatic heterocycles. The number of piperidine rings is 1. The molecule has 0 bridgehead atoms. The van der Waals surface area contributed by atoms with E-state index in [9.17, 15) is 14.3 Å². The zero-order chi connectivity index (χ0) is 21.1. The standard InChI is InChI=1S/C24H31FN2O2S/c1-24(29)13-14-27(16-17-6-3-2-4-7-17)21(20-8-5-15-30-20)22(24)26-23(28)18-9-11-19(25)12-10-18/h5,8-12,15,17,21-22,29H,2-4,6-7,13-14,16H2,1H3,(H,26,28)/t21-,22-,24+/m0/s1. The summed E-state index contributed by atoms with van der Waals surface area (Å²) in [5.41, 5.74) is -0.616. The fourth-order valence-corrected chi connectivity index (χ4v) is 5.88. The summed E-state index contributed by atoms with van der Waals surface area (Å²) in [4.78, 5) is 16.6. The largest absolute Gasteiger partial charge is 0.388 e. The number of likely N-dealkylation sites (tertiary alicyclic amines) is 1. The highest BCUT2D eigenvalue weighted by Gasteiger charge is 2.47. The van der Waals surface area contributed by atoms with E-state index in [1.54, 1.807) is 11.3 Å². The Balaban J connectivity index is 1.60. The molecule has 30 heavy (non-hydrogen) atoms. The highest BCUT2D eigenvalue weighted by molar-refractivity contribution is 7.10. The molecule has 162 valence electrons. The van der Waals surface area contributed by atoms with Crippen molar-refractivity contribution in [1.29, 1.82) is 0 Å². The Morgan fingerprint density at radius 3 is 2.63 bits per heavy atom. The zero-order valence-electron chi connectivity index (χ0n) is 17.5. The molecular formula is C24H31FN2O2S. The molecule has 1 aromatic heterocycles. The van der Waals surface area contributed by atoms with Crippen molar-refractivity contribution in [3.05, 3.63) is 58.0 Å². The van der Waals surface area contributed by atoms with Crippen molar-refractivity contribution >= 4 is 17.2 Å². The second-order valence-electron chi connectivity index (χ2n) is 9.02. The fourth-order valence-electron chi connectivity index (χ4n) is 4.99. The van der Waals surface area contributed by atoms with Crippen LogP contribution in [0.15, 0.2) is 41.8 Å². The molecule has 2 N–H and O–H groups in total. The smallest absolute Gasteiger partial charge is 0.251 e. The number of nitrogens with one attached hydrogen (secondary N) is 1. The number of nitrogens with zero attached hydrogens (tertiary/aromatic N) is 1. The topological polar surface area (TPSA) is 52.6 Å². The van der Waals surface area contributed by atoms with E-state index in [0.29, 0.717) is 17.9 Å². The first kappa shape index (κ1) is 21.5. The molecule has 2 heterocycles. The maximum atomic E-state index is 13.3. The van der Waals surface area contributed by atoms with Gasteiger partial charge in [0.05, 0.1) is 17.7 Å². The summed E-state index contributed by atoms with van der Waals surface area (Å²) >= 11 is 1.67. The van der Waals surface area contributed by atoms with Crippen LogP contribution in [0.2, 0.25) is 0 Å². The third kappa shape index (κ3) is 4.76. The zero-order valence-corrected chi connectivity index (χ0v) is 18.3. The van der Waals surface area contributed by atoms with E-state index in [1.807, 2.05) is 13.0 Å². The lowest BCUT2D eigenvalue weighted by Crippen LogP contribution is -2.62. The van der Waals surface area contributed by atoms with Gasteiger partial charge in [-0.3, -0.25) is 9.69 Å². The number of hydrogen-bond acceptors (Lipinski definition) is 4. The normalized spacial score (nSPS) is 28.4. The van der Waals surface area contributed by atoms with Gasteiger partial charge in [0.1, 0.15) is 5.82 Å². The van der Waals surface area contributed by atoms with Crippen LogP contribution in [0, 0.1) is 11.7 Å². The number of rotatable bonds is 5. The van der Waals surface area contributed by atoms with Gasteiger partial charge in [0.15, 0.2) is 0 Å². The van der Waals surface area contributed by atoms with Crippen LogP contribution in [0.4, 0.5) is 4.39 Å². The quantitative estimate of drug-likeness (QED) is 0.719. The van der Waals surface area contributed by atoms with Crippen LogP contribution in [-0.4, -0.2) is 40.6 Å². The average Bonchev–Trinajstić information content (AvgIpc) is 3.26. The van der Waals surface area contributed by atoms with E-state index in [2.05, 4.69) is 21.7 Å². The van der Waals surface area contributed by atoms with Gasteiger partial charge in [-0.05, 0) is 67.8 Å². The molecule has 1 amide bonds. The number of benzene rings is 1. The Morgan fingerprint density at radius 1 is 1.23 bits per heavy atom. The van der Waals surface area contributed by atoms with E-state index < -0.39 is 11.6 Å². The number of thiophene rings is 1. The number of carbonyl (C=O) groups is 1. The second-order valence-corrected chi connectivity index (χ2v) is 10.0. The number of carbonyl (C=O) groups excluding carboxylic acids is 1. The van der Waals surface area contributed by atoms with E-state index in [4.69, 9.17) is 0 Å². The second kappa shape index (κ2) is 9.16. The van der Waals surface area contributed by atoms with Crippen LogP contribution < -0.4 is 5.32 Å². The average molecular weight is 431 g/mol. The predicted molar refractivity (Wildman–Crippen MR) is 118 cm³/mol. The molecule has 0 unspecified atom stereocenters. The van der Waals surface area contributed by atoms with Gasteiger partial charge in [-0.15, -0.1) is 11.3 Å². The van der Waals surface area contributed by atoms with Gasteiger partial charge < -0.3 is 10.4 Å². The lowest BCUT2D eigenvalue weighted by Gasteiger charge is -2.49. The SMILES string of the molecule is C[C@@]1(O)CCN(CC2CCCCC2)[C@@H](c2cccs2)[C@@H]1NC(=O)c1ccc(F)cc1. The van der Waals surface area contributed by atoms with E-state index in [1.165, 1.54) is 56.4 Å². The third-order valence-electron chi connectivity index (χ3n) is 6.73. The van der Waals surface area contributed by atoms with Crippen LogP contribution in [-0.2, 0) is 0 Å². The lowest BCUT2D eigenvalue weighted by molar-refractivity contribution is -0.0675. The minimum atomic E-state index is -1.02. The van der Waals surface area contributed by atoms with Crippen molar-refractivity contribution in [2.45, 2.75) is 63.1 Å². The summed E-state index contributed by atoms with van der Waals surface area (Å²) in [6.07, 6.45) is 7.05. The Hall–Kier alpha value is -1.76. The third-order valence-corrected chi connectivity index (χ3v) is 7.67. The molecule has 6 heteroatoms. The molecule has 0 spiro atoms. The van der Waals surface area contributed by atoms with E-state index >= 15 is 0 Å². The summed E-state index contributed by atoms with van der Waals surface area (Å²) in [7, 11) is 0. The number of halogens is 1. The number of amides is 1. The lowest BCUT2D eigenvalue weighted by atomic mass is 9.80. The molecule has 2 aliphatic rings. The monoisotopic (exact) mass is 430 g/mol. The molecule has 2 fully saturated rings. The molecule has 1 saturated heterocycles. The Labute approximate surface area is 182 Å². The molecule has 0 radical (unpaired) electrons. The van der Waals surface area contributed by atoms with E-state index in [-0.39, 0.29) is 17.8 Å². The molecular weight excluding hydrogens is 399 g/mol. The van der Waals surface area contributed by atoms with Crippen molar-refractivity contribution in [2.75, 3.05) is 13.1 Å². The molecule has 1 aliphatic carbocycles. The Bertz CT molecular complexity index is 831. The van der Waals surface area contributed by atoms with Gasteiger partial charge in [0.2, 0.25) is 0 Å². The summed E-state index contributed by atoms with van der Waals surface area (Å²) in [5.74, 6) is 0.0328. The summed E-state index contributed by atoms with van der Waals surface area (Å²) in [5, 5.41) is 16.4. The van der Waals surface area contributed by atoms with Crippen LogP contribution in [0.1, 0.15) is 66.7 Å². The maximum absolute atomic E-state index is 13.3. The van der Waals surface area contributed by atoms with Crippen LogP contribution in [0.5, 0.6) is 0 Å². The van der Waals surface area contributed by atoms with Gasteiger partial charge in [-0.25, -0.2) is 4.39 Å². The summed E-state index contributed by atoms with van der Waals surface area (Å²) in [6, 6.07) is 9.18. The van der Waals surface area contributed by atoms with Gasteiger partial charge >= 0.3 is 0 Å². The summed E-state index contributed by atoms with van der Waals surface area (Å²) < 4.78 is 13.3.